The van der Waals surface area contributed by atoms with E-state index in [2.05, 4.69) is 32.4 Å². The molecule has 4 aromatic rings. The number of pyridine rings is 1. The van der Waals surface area contributed by atoms with Crippen LogP contribution in [0.2, 0.25) is 0 Å². The van der Waals surface area contributed by atoms with Crippen molar-refractivity contribution in [3.05, 3.63) is 66.5 Å². The molecule has 1 amide bonds. The van der Waals surface area contributed by atoms with Crippen LogP contribution in [0.5, 0.6) is 5.75 Å². The molecule has 9 nitrogen and oxygen atoms in total. The summed E-state index contributed by atoms with van der Waals surface area (Å²) in [7, 11) is 0. The van der Waals surface area contributed by atoms with E-state index < -0.39 is 0 Å². The number of hydrogen-bond donors (Lipinski definition) is 1. The van der Waals surface area contributed by atoms with Gasteiger partial charge in [-0.2, -0.15) is 0 Å². The van der Waals surface area contributed by atoms with Gasteiger partial charge in [0.2, 0.25) is 0 Å². The molecule has 4 heterocycles. The Labute approximate surface area is 196 Å². The molecule has 9 heteroatoms. The molecule has 1 aliphatic carbocycles. The van der Waals surface area contributed by atoms with Crippen molar-refractivity contribution in [2.24, 2.45) is 0 Å². The smallest absolute Gasteiger partial charge is 0.260 e. The molecular weight excluding hydrogens is 430 g/mol. The van der Waals surface area contributed by atoms with Gasteiger partial charge in [-0.25, -0.2) is 9.97 Å². The molecule has 0 unspecified atom stereocenters. The van der Waals surface area contributed by atoms with E-state index in [0.717, 1.165) is 24.2 Å². The van der Waals surface area contributed by atoms with Crippen molar-refractivity contribution >= 4 is 11.7 Å². The van der Waals surface area contributed by atoms with Crippen molar-refractivity contribution in [2.75, 3.05) is 11.9 Å². The molecule has 0 radical (unpaired) electrons. The molecule has 2 bridgehead atoms. The molecule has 3 aromatic heterocycles. The summed E-state index contributed by atoms with van der Waals surface area (Å²) in [5.41, 5.74) is 3.08. The molecule has 0 saturated heterocycles. The number of fused-ring (bicyclic) bond motifs is 5. The minimum atomic E-state index is -0.282. The molecule has 1 aliphatic heterocycles. The lowest BCUT2D eigenvalue weighted by atomic mass is 10.1. The molecular formula is C25H25N7O2. The number of nitrogens with one attached hydrogen (secondary N) is 1. The number of aromatic nitrogens is 6. The summed E-state index contributed by atoms with van der Waals surface area (Å²) in [6.45, 7) is 2.63. The Balaban J connectivity index is 1.37. The van der Waals surface area contributed by atoms with Crippen molar-refractivity contribution in [2.45, 2.75) is 44.6 Å². The van der Waals surface area contributed by atoms with Gasteiger partial charge >= 0.3 is 0 Å². The van der Waals surface area contributed by atoms with Crippen molar-refractivity contribution in [3.8, 4) is 23.0 Å². The zero-order valence-corrected chi connectivity index (χ0v) is 18.9. The fourth-order valence-corrected chi connectivity index (χ4v) is 4.31. The minimum Gasteiger partial charge on any atom is -0.493 e. The van der Waals surface area contributed by atoms with Gasteiger partial charge in [0.15, 0.2) is 5.82 Å². The molecule has 34 heavy (non-hydrogen) atoms. The van der Waals surface area contributed by atoms with Gasteiger partial charge in [0, 0.05) is 23.8 Å². The first kappa shape index (κ1) is 20.6. The van der Waals surface area contributed by atoms with Gasteiger partial charge in [0.05, 0.1) is 24.2 Å². The quantitative estimate of drug-likeness (QED) is 0.481. The Hall–Kier alpha value is -4.01. The van der Waals surface area contributed by atoms with Crippen molar-refractivity contribution in [1.82, 2.24) is 29.3 Å². The van der Waals surface area contributed by atoms with Crippen LogP contribution < -0.4 is 10.1 Å². The summed E-state index contributed by atoms with van der Waals surface area (Å²) < 4.78 is 10.0. The molecule has 1 N–H and O–H groups in total. The standard InChI is InChI=1S/C25H25N7O2/c1-16-4-3-11-34-22-10-9-18(31-13-21(26-14-31)17-7-8-17)12-19(22)25(33)29-23-6-2-5-20(28-23)24-30-27-15-32(16)24/h2,5-6,9-10,12-17H,3-4,7-8,11H2,1H3,(H,28,29,33)/t16-/m0/s1. The van der Waals surface area contributed by atoms with Crippen LogP contribution in [-0.2, 0) is 0 Å². The minimum absolute atomic E-state index is 0.181. The Morgan fingerprint density at radius 3 is 2.91 bits per heavy atom. The summed E-state index contributed by atoms with van der Waals surface area (Å²) in [6, 6.07) is 11.3. The average Bonchev–Trinajstić information content (AvgIpc) is 3.37. The number of amides is 1. The maximum atomic E-state index is 13.3. The predicted molar refractivity (Wildman–Crippen MR) is 126 cm³/mol. The van der Waals surface area contributed by atoms with Crippen LogP contribution in [0.15, 0.2) is 55.2 Å². The van der Waals surface area contributed by atoms with Gasteiger partial charge < -0.3 is 19.2 Å². The largest absolute Gasteiger partial charge is 0.493 e. The molecule has 2 aliphatic rings. The third-order valence-electron chi connectivity index (χ3n) is 6.40. The second-order valence-electron chi connectivity index (χ2n) is 8.92. The number of benzene rings is 1. The number of ether oxygens (including phenoxy) is 1. The first-order valence-corrected chi connectivity index (χ1v) is 11.6. The van der Waals surface area contributed by atoms with E-state index in [0.29, 0.717) is 41.2 Å². The molecule has 172 valence electrons. The van der Waals surface area contributed by atoms with Crippen LogP contribution in [0.3, 0.4) is 0 Å². The van der Waals surface area contributed by atoms with Gasteiger partial charge in [-0.3, -0.25) is 4.79 Å². The summed E-state index contributed by atoms with van der Waals surface area (Å²) >= 11 is 0. The predicted octanol–water partition coefficient (Wildman–Crippen LogP) is 4.39. The van der Waals surface area contributed by atoms with E-state index in [9.17, 15) is 4.79 Å². The van der Waals surface area contributed by atoms with E-state index in [1.54, 1.807) is 18.7 Å². The Morgan fingerprint density at radius 1 is 1.12 bits per heavy atom. The SMILES string of the molecule is C[C@H]1CCCOc2ccc(-n3cnc(C4CC4)c3)cc2C(=O)Nc2cccc(n2)-c2nncn21. The van der Waals surface area contributed by atoms with Crippen LogP contribution in [-0.4, -0.2) is 41.8 Å². The number of carbonyl (C=O) groups excluding carboxylic acids is 1. The highest BCUT2D eigenvalue weighted by molar-refractivity contribution is 6.06. The van der Waals surface area contributed by atoms with Crippen LogP contribution in [0.25, 0.3) is 17.2 Å². The summed E-state index contributed by atoms with van der Waals surface area (Å²) in [5.74, 6) is 1.95. The first-order chi connectivity index (χ1) is 16.7. The maximum absolute atomic E-state index is 13.3. The number of rotatable bonds is 2. The summed E-state index contributed by atoms with van der Waals surface area (Å²) in [5, 5.41) is 11.3. The van der Waals surface area contributed by atoms with Crippen molar-refractivity contribution in [1.29, 1.82) is 0 Å². The summed E-state index contributed by atoms with van der Waals surface area (Å²) in [4.78, 5) is 22.5. The van der Waals surface area contributed by atoms with E-state index >= 15 is 0 Å². The van der Waals surface area contributed by atoms with Crippen LogP contribution in [0.1, 0.15) is 60.6 Å². The van der Waals surface area contributed by atoms with Gasteiger partial charge in [-0.1, -0.05) is 6.07 Å². The maximum Gasteiger partial charge on any atom is 0.260 e. The fraction of sp³-hybridized carbons (Fsp3) is 0.320. The van der Waals surface area contributed by atoms with Crippen LogP contribution in [0, 0.1) is 0 Å². The first-order valence-electron chi connectivity index (χ1n) is 11.6. The zero-order chi connectivity index (χ0) is 23.1. The number of carbonyl (C=O) groups is 1. The Morgan fingerprint density at radius 2 is 2.03 bits per heavy atom. The topological polar surface area (TPSA) is 99.8 Å². The molecule has 1 fully saturated rings. The Kier molecular flexibility index (Phi) is 5.09. The molecule has 6 rings (SSSR count). The number of hydrogen-bond acceptors (Lipinski definition) is 6. The molecule has 1 saturated carbocycles. The normalized spacial score (nSPS) is 18.3. The van der Waals surface area contributed by atoms with Crippen molar-refractivity contribution in [3.63, 3.8) is 0 Å². The van der Waals surface area contributed by atoms with Gasteiger partial charge in [-0.05, 0) is 62.9 Å². The number of nitrogens with zero attached hydrogens (tertiary/aromatic N) is 6. The van der Waals surface area contributed by atoms with E-state index in [-0.39, 0.29) is 11.9 Å². The summed E-state index contributed by atoms with van der Waals surface area (Å²) in [6.07, 6.45) is 9.66. The van der Waals surface area contributed by atoms with Crippen molar-refractivity contribution < 1.29 is 9.53 Å². The highest BCUT2D eigenvalue weighted by atomic mass is 16.5. The lowest BCUT2D eigenvalue weighted by molar-refractivity contribution is 0.102. The van der Waals surface area contributed by atoms with Gasteiger partial charge in [0.25, 0.3) is 5.91 Å². The van der Waals surface area contributed by atoms with Crippen LogP contribution in [0.4, 0.5) is 5.82 Å². The van der Waals surface area contributed by atoms with Gasteiger partial charge in [0.1, 0.15) is 23.6 Å². The Bertz CT molecular complexity index is 1350. The lowest BCUT2D eigenvalue weighted by Crippen LogP contribution is -2.17. The third kappa shape index (κ3) is 3.93. The number of imidazole rings is 1. The highest BCUT2D eigenvalue weighted by Crippen LogP contribution is 2.39. The van der Waals surface area contributed by atoms with Crippen LogP contribution >= 0.6 is 0 Å². The van der Waals surface area contributed by atoms with Gasteiger partial charge in [-0.15, -0.1) is 10.2 Å². The van der Waals surface area contributed by atoms with E-state index in [1.165, 1.54) is 12.8 Å². The van der Waals surface area contributed by atoms with E-state index in [1.807, 2.05) is 45.7 Å². The second kappa shape index (κ2) is 8.40. The number of anilines is 1. The second-order valence-corrected chi connectivity index (χ2v) is 8.92. The van der Waals surface area contributed by atoms with E-state index in [4.69, 9.17) is 4.74 Å². The molecule has 1 aromatic carbocycles. The fourth-order valence-electron chi connectivity index (χ4n) is 4.31. The average molecular weight is 456 g/mol. The lowest BCUT2D eigenvalue weighted by Gasteiger charge is -2.18. The third-order valence-corrected chi connectivity index (χ3v) is 6.40. The molecule has 0 spiro atoms. The zero-order valence-electron chi connectivity index (χ0n) is 18.9. The molecule has 1 atom stereocenters. The highest BCUT2D eigenvalue weighted by Gasteiger charge is 2.26. The monoisotopic (exact) mass is 455 g/mol.